The molecule has 1 aromatic carbocycles. The number of hydrogen-bond acceptors (Lipinski definition) is 6. The van der Waals surface area contributed by atoms with Crippen molar-refractivity contribution in [2.24, 2.45) is 0 Å². The molecule has 1 aromatic heterocycles. The molecule has 0 radical (unpaired) electrons. The highest BCUT2D eigenvalue weighted by Gasteiger charge is 2.36. The molecule has 148 valence electrons. The van der Waals surface area contributed by atoms with Crippen LogP contribution in [0.3, 0.4) is 0 Å². The third kappa shape index (κ3) is 2.83. The van der Waals surface area contributed by atoms with Gasteiger partial charge in [-0.2, -0.15) is 0 Å². The maximum atomic E-state index is 13.4. The standard InChI is InChI=1S/C20H25N5O3/c1-13-18(22-23-25(13)14-7-8-21-12-14)20(26)24-9-3-5-16(24)15-4-2-6-17-19(15)28-11-10-27-17/h2,4,6,14,16,21H,3,5,7-12H2,1H3. The lowest BCUT2D eigenvalue weighted by atomic mass is 10.0. The first-order valence-electron chi connectivity index (χ1n) is 10.1. The van der Waals surface area contributed by atoms with Gasteiger partial charge in [-0.15, -0.1) is 5.10 Å². The zero-order chi connectivity index (χ0) is 19.1. The van der Waals surface area contributed by atoms with Crippen LogP contribution in [0.4, 0.5) is 0 Å². The summed E-state index contributed by atoms with van der Waals surface area (Å²) in [5.74, 6) is 1.49. The monoisotopic (exact) mass is 383 g/mol. The van der Waals surface area contributed by atoms with Gasteiger partial charge in [0.2, 0.25) is 0 Å². The number of nitrogens with one attached hydrogen (secondary N) is 1. The number of carbonyl (C=O) groups excluding carboxylic acids is 1. The van der Waals surface area contributed by atoms with Gasteiger partial charge >= 0.3 is 0 Å². The lowest BCUT2D eigenvalue weighted by Gasteiger charge is -2.28. The fourth-order valence-corrected chi connectivity index (χ4v) is 4.56. The van der Waals surface area contributed by atoms with Gasteiger partial charge in [0.05, 0.1) is 17.8 Å². The second-order valence-corrected chi connectivity index (χ2v) is 7.64. The summed E-state index contributed by atoms with van der Waals surface area (Å²) in [6.45, 7) is 5.60. The number of hydrogen-bond donors (Lipinski definition) is 1. The van der Waals surface area contributed by atoms with Gasteiger partial charge in [0, 0.05) is 18.7 Å². The molecule has 2 aromatic rings. The van der Waals surface area contributed by atoms with Crippen LogP contribution in [-0.4, -0.2) is 58.6 Å². The normalized spacial score (nSPS) is 24.0. The van der Waals surface area contributed by atoms with E-state index in [4.69, 9.17) is 9.47 Å². The second kappa shape index (κ2) is 7.09. The maximum Gasteiger partial charge on any atom is 0.276 e. The molecule has 28 heavy (non-hydrogen) atoms. The average molecular weight is 383 g/mol. The molecule has 0 spiro atoms. The van der Waals surface area contributed by atoms with Crippen molar-refractivity contribution in [2.75, 3.05) is 32.8 Å². The largest absolute Gasteiger partial charge is 0.486 e. The zero-order valence-corrected chi connectivity index (χ0v) is 16.1. The van der Waals surface area contributed by atoms with Crippen LogP contribution in [0.15, 0.2) is 18.2 Å². The number of nitrogens with zero attached hydrogens (tertiary/aromatic N) is 4. The van der Waals surface area contributed by atoms with E-state index < -0.39 is 0 Å². The van der Waals surface area contributed by atoms with Crippen molar-refractivity contribution in [2.45, 2.75) is 38.3 Å². The van der Waals surface area contributed by atoms with E-state index in [0.29, 0.717) is 25.5 Å². The van der Waals surface area contributed by atoms with E-state index in [9.17, 15) is 4.79 Å². The number of ether oxygens (including phenoxy) is 2. The number of fused-ring (bicyclic) bond motifs is 1. The first-order chi connectivity index (χ1) is 13.7. The number of para-hydroxylation sites is 1. The van der Waals surface area contributed by atoms with Gasteiger partial charge < -0.3 is 19.7 Å². The number of aromatic nitrogens is 3. The molecule has 1 amide bonds. The quantitative estimate of drug-likeness (QED) is 0.871. The molecule has 8 nitrogen and oxygen atoms in total. The minimum Gasteiger partial charge on any atom is -0.486 e. The minimum atomic E-state index is -0.0495. The highest BCUT2D eigenvalue weighted by Crippen LogP contribution is 2.43. The van der Waals surface area contributed by atoms with E-state index in [0.717, 1.165) is 55.1 Å². The number of amides is 1. The third-order valence-corrected chi connectivity index (χ3v) is 5.98. The molecule has 1 N–H and O–H groups in total. The van der Waals surface area contributed by atoms with Crippen molar-refractivity contribution in [3.8, 4) is 11.5 Å². The van der Waals surface area contributed by atoms with E-state index in [1.165, 1.54) is 0 Å². The summed E-state index contributed by atoms with van der Waals surface area (Å²) in [6.07, 6.45) is 2.88. The van der Waals surface area contributed by atoms with Crippen LogP contribution < -0.4 is 14.8 Å². The Balaban J connectivity index is 1.44. The summed E-state index contributed by atoms with van der Waals surface area (Å²) >= 11 is 0. The summed E-state index contributed by atoms with van der Waals surface area (Å²) in [7, 11) is 0. The Kier molecular flexibility index (Phi) is 4.43. The fraction of sp³-hybridized carbons (Fsp3) is 0.550. The Hall–Kier alpha value is -2.61. The molecule has 2 atom stereocenters. The number of carbonyl (C=O) groups is 1. The van der Waals surface area contributed by atoms with Crippen molar-refractivity contribution < 1.29 is 14.3 Å². The van der Waals surface area contributed by atoms with Crippen molar-refractivity contribution in [3.05, 3.63) is 35.2 Å². The minimum absolute atomic E-state index is 0.0261. The van der Waals surface area contributed by atoms with Gasteiger partial charge in [-0.25, -0.2) is 4.68 Å². The molecule has 2 unspecified atom stereocenters. The van der Waals surface area contributed by atoms with Crippen LogP contribution >= 0.6 is 0 Å². The molecule has 3 aliphatic rings. The smallest absolute Gasteiger partial charge is 0.276 e. The van der Waals surface area contributed by atoms with Crippen LogP contribution in [0.2, 0.25) is 0 Å². The Labute approximate surface area is 163 Å². The van der Waals surface area contributed by atoms with Gasteiger partial charge in [0.15, 0.2) is 17.2 Å². The Bertz CT molecular complexity index is 890. The first-order valence-corrected chi connectivity index (χ1v) is 10.1. The van der Waals surface area contributed by atoms with Gasteiger partial charge in [-0.1, -0.05) is 17.3 Å². The highest BCUT2D eigenvalue weighted by atomic mass is 16.6. The summed E-state index contributed by atoms with van der Waals surface area (Å²) < 4.78 is 13.5. The topological polar surface area (TPSA) is 81.5 Å². The molecule has 3 aliphatic heterocycles. The highest BCUT2D eigenvalue weighted by molar-refractivity contribution is 5.93. The van der Waals surface area contributed by atoms with E-state index in [-0.39, 0.29) is 18.0 Å². The summed E-state index contributed by atoms with van der Waals surface area (Å²) in [5, 5.41) is 11.9. The zero-order valence-electron chi connectivity index (χ0n) is 16.1. The second-order valence-electron chi connectivity index (χ2n) is 7.64. The fourth-order valence-electron chi connectivity index (χ4n) is 4.56. The van der Waals surface area contributed by atoms with Gasteiger partial charge in [-0.3, -0.25) is 4.79 Å². The van der Waals surface area contributed by atoms with Crippen molar-refractivity contribution in [3.63, 3.8) is 0 Å². The first kappa shape index (κ1) is 17.5. The summed E-state index contributed by atoms with van der Waals surface area (Å²) in [4.78, 5) is 15.3. The van der Waals surface area contributed by atoms with Gasteiger partial charge in [0.25, 0.3) is 5.91 Å². The van der Waals surface area contributed by atoms with E-state index in [1.54, 1.807) is 0 Å². The van der Waals surface area contributed by atoms with Crippen LogP contribution in [-0.2, 0) is 0 Å². The molecule has 4 heterocycles. The molecule has 5 rings (SSSR count). The average Bonchev–Trinajstić information content (AvgIpc) is 3.47. The number of rotatable bonds is 3. The summed E-state index contributed by atoms with van der Waals surface area (Å²) in [5.41, 5.74) is 2.33. The van der Waals surface area contributed by atoms with Crippen LogP contribution in [0.5, 0.6) is 11.5 Å². The number of benzene rings is 1. The van der Waals surface area contributed by atoms with Crippen LogP contribution in [0.1, 0.15) is 53.1 Å². The molecule has 0 saturated carbocycles. The van der Waals surface area contributed by atoms with Crippen molar-refractivity contribution in [1.29, 1.82) is 0 Å². The molecule has 2 fully saturated rings. The van der Waals surface area contributed by atoms with Gasteiger partial charge in [0.1, 0.15) is 13.2 Å². The van der Waals surface area contributed by atoms with E-state index in [2.05, 4.69) is 15.6 Å². The SMILES string of the molecule is Cc1c(C(=O)N2CCCC2c2cccc3c2OCCO3)nnn1C1CCNC1. The lowest BCUT2D eigenvalue weighted by molar-refractivity contribution is 0.0724. The predicted octanol–water partition coefficient (Wildman–Crippen LogP) is 1.87. The Morgan fingerprint density at radius 2 is 2.14 bits per heavy atom. The molecule has 0 aliphatic carbocycles. The Morgan fingerprint density at radius 1 is 1.25 bits per heavy atom. The van der Waals surface area contributed by atoms with Crippen molar-refractivity contribution in [1.82, 2.24) is 25.2 Å². The van der Waals surface area contributed by atoms with Crippen molar-refractivity contribution >= 4 is 5.91 Å². The molecular formula is C20H25N5O3. The van der Waals surface area contributed by atoms with Gasteiger partial charge in [-0.05, 0) is 38.8 Å². The van der Waals surface area contributed by atoms with E-state index >= 15 is 0 Å². The molecule has 8 heteroatoms. The maximum absolute atomic E-state index is 13.4. The third-order valence-electron chi connectivity index (χ3n) is 5.98. The Morgan fingerprint density at radius 3 is 3.00 bits per heavy atom. The number of likely N-dealkylation sites (tertiary alicyclic amines) is 1. The van der Waals surface area contributed by atoms with Crippen LogP contribution in [0, 0.1) is 6.92 Å². The van der Waals surface area contributed by atoms with Crippen LogP contribution in [0.25, 0.3) is 0 Å². The molecule has 0 bridgehead atoms. The lowest BCUT2D eigenvalue weighted by Crippen LogP contribution is -2.32. The molecular weight excluding hydrogens is 358 g/mol. The van der Waals surface area contributed by atoms with E-state index in [1.807, 2.05) is 34.7 Å². The molecule has 2 saturated heterocycles. The predicted molar refractivity (Wildman–Crippen MR) is 102 cm³/mol. The summed E-state index contributed by atoms with van der Waals surface area (Å²) in [6, 6.07) is 6.18.